The molecule has 0 amide bonds. The number of aliphatic hydroxyl groups excluding tert-OH is 1. The molecule has 0 radical (unpaired) electrons. The molecule has 2 aliphatic heterocycles. The Balaban J connectivity index is 1.24. The summed E-state index contributed by atoms with van der Waals surface area (Å²) >= 11 is 0. The number of carbonyl (C=O) groups excluding carboxylic acids is 4. The van der Waals surface area contributed by atoms with Crippen molar-refractivity contribution in [3.8, 4) is 0 Å². The molecule has 4 fully saturated rings. The quantitative estimate of drug-likeness (QED) is 0.290. The van der Waals surface area contributed by atoms with Crippen molar-refractivity contribution >= 4 is 23.7 Å². The first-order valence-electron chi connectivity index (χ1n) is 15.1. The third-order valence-electron chi connectivity index (χ3n) is 12.1. The molecule has 9 nitrogen and oxygen atoms in total. The Bertz CT molecular complexity index is 1240. The van der Waals surface area contributed by atoms with Gasteiger partial charge in [-0.25, -0.2) is 4.79 Å². The average molecular weight is 571 g/mol. The van der Waals surface area contributed by atoms with Gasteiger partial charge in [0.25, 0.3) is 0 Å². The lowest BCUT2D eigenvalue weighted by Crippen LogP contribution is -2.67. The summed E-state index contributed by atoms with van der Waals surface area (Å²) < 4.78 is 23.0. The maximum atomic E-state index is 13.7. The number of cyclic esters (lactones) is 1. The van der Waals surface area contributed by atoms with Crippen LogP contribution in [0.1, 0.15) is 73.1 Å². The number of hydrogen-bond donors (Lipinski definition) is 1. The predicted molar refractivity (Wildman–Crippen MR) is 145 cm³/mol. The third-order valence-corrected chi connectivity index (χ3v) is 12.1. The van der Waals surface area contributed by atoms with Crippen LogP contribution in [0, 0.1) is 40.4 Å². The minimum Gasteiger partial charge on any atom is -0.461 e. The summed E-state index contributed by atoms with van der Waals surface area (Å²) in [6, 6.07) is 0. The summed E-state index contributed by atoms with van der Waals surface area (Å²) in [6.45, 7) is 8.78. The van der Waals surface area contributed by atoms with Gasteiger partial charge in [-0.15, -0.1) is 0 Å². The van der Waals surface area contributed by atoms with Crippen LogP contribution in [-0.4, -0.2) is 65.9 Å². The number of rotatable bonds is 6. The number of aliphatic hydroxyl groups is 1. The highest BCUT2D eigenvalue weighted by molar-refractivity contribution is 5.99. The lowest BCUT2D eigenvalue weighted by atomic mass is 9.44. The van der Waals surface area contributed by atoms with Gasteiger partial charge in [-0.3, -0.25) is 14.4 Å². The molecule has 1 spiro atoms. The summed E-state index contributed by atoms with van der Waals surface area (Å²) in [5.41, 5.74) is -0.754. The summed E-state index contributed by atoms with van der Waals surface area (Å²) in [7, 11) is 0. The zero-order valence-electron chi connectivity index (χ0n) is 24.6. The first-order valence-corrected chi connectivity index (χ1v) is 15.1. The number of ether oxygens (including phenoxy) is 4. The van der Waals surface area contributed by atoms with E-state index < -0.39 is 35.0 Å². The van der Waals surface area contributed by atoms with Crippen LogP contribution in [0.4, 0.5) is 0 Å². The molecule has 2 heterocycles. The molecular formula is C32H42O9. The molecule has 0 unspecified atom stereocenters. The lowest BCUT2D eigenvalue weighted by Gasteiger charge is -2.58. The van der Waals surface area contributed by atoms with Crippen molar-refractivity contribution < 1.29 is 43.2 Å². The SMILES string of the molecule is CC(=O)OCC1=C(C)C[C@H]([C@@H](C)[C@H]2CC[C@H]3[C@@H]4C[C@H]5O[C@]56[C@@H](OC(C)=O)C=CC(=O)[C@]6(CO)[C@H]4CC[C@]23C)OC1=O. The van der Waals surface area contributed by atoms with Crippen molar-refractivity contribution in [2.75, 3.05) is 13.2 Å². The van der Waals surface area contributed by atoms with E-state index in [-0.39, 0.29) is 54.4 Å². The highest BCUT2D eigenvalue weighted by atomic mass is 16.7. The van der Waals surface area contributed by atoms with Crippen molar-refractivity contribution in [1.29, 1.82) is 0 Å². The van der Waals surface area contributed by atoms with E-state index in [4.69, 9.17) is 18.9 Å². The fraction of sp³-hybridized carbons (Fsp3) is 0.750. The topological polar surface area (TPSA) is 129 Å². The molecule has 6 aliphatic rings. The standard InChI is InChI=1S/C32H42O9/c1-16-12-25(40-29(37)21(16)14-38-18(3)34)17(2)22-6-7-23-20-13-28-32(41-28)27(39-19(4)35)9-8-26(36)31(32,15-33)24(20)10-11-30(22,23)5/h8-9,17,20,22-25,27-28,33H,6-7,10-15H2,1-5H3/t17-,20-,22+,23-,24-,25+,27-,28+,30+,31-,32+/m0/s1. The Kier molecular flexibility index (Phi) is 6.81. The second-order valence-corrected chi connectivity index (χ2v) is 13.7. The molecule has 3 saturated carbocycles. The number of epoxide rings is 1. The molecule has 6 rings (SSSR count). The van der Waals surface area contributed by atoms with E-state index in [9.17, 15) is 24.3 Å². The molecule has 224 valence electrons. The van der Waals surface area contributed by atoms with Crippen LogP contribution in [0.3, 0.4) is 0 Å². The molecule has 0 aromatic heterocycles. The minimum atomic E-state index is -1.11. The van der Waals surface area contributed by atoms with E-state index >= 15 is 0 Å². The Hall–Kier alpha value is -2.52. The van der Waals surface area contributed by atoms with Gasteiger partial charge in [0.1, 0.15) is 12.7 Å². The maximum Gasteiger partial charge on any atom is 0.337 e. The molecule has 9 heteroatoms. The molecule has 1 N–H and O–H groups in total. The van der Waals surface area contributed by atoms with E-state index in [1.807, 2.05) is 6.92 Å². The highest BCUT2D eigenvalue weighted by Gasteiger charge is 2.82. The molecule has 0 aromatic carbocycles. The largest absolute Gasteiger partial charge is 0.461 e. The Morgan fingerprint density at radius 1 is 1.15 bits per heavy atom. The number of esters is 3. The number of ketones is 1. The molecule has 1 saturated heterocycles. The summed E-state index contributed by atoms with van der Waals surface area (Å²) in [5, 5.41) is 10.9. The summed E-state index contributed by atoms with van der Waals surface area (Å²) in [4.78, 5) is 49.8. The van der Waals surface area contributed by atoms with Crippen LogP contribution in [0.25, 0.3) is 0 Å². The van der Waals surface area contributed by atoms with Crippen LogP contribution in [0.2, 0.25) is 0 Å². The normalized spacial score (nSPS) is 45.1. The van der Waals surface area contributed by atoms with Crippen molar-refractivity contribution in [1.82, 2.24) is 0 Å². The molecule has 0 aromatic rings. The number of allylic oxidation sites excluding steroid dienone is 1. The Morgan fingerprint density at radius 2 is 1.90 bits per heavy atom. The van der Waals surface area contributed by atoms with Crippen LogP contribution in [0.15, 0.2) is 23.3 Å². The van der Waals surface area contributed by atoms with Crippen molar-refractivity contribution in [2.45, 2.75) is 97.1 Å². The van der Waals surface area contributed by atoms with E-state index in [0.29, 0.717) is 23.8 Å². The lowest BCUT2D eigenvalue weighted by molar-refractivity contribution is -0.174. The minimum absolute atomic E-state index is 0.00297. The first-order chi connectivity index (χ1) is 19.4. The van der Waals surface area contributed by atoms with Crippen molar-refractivity contribution in [2.24, 2.45) is 40.4 Å². The van der Waals surface area contributed by atoms with Gasteiger partial charge in [-0.2, -0.15) is 0 Å². The number of fused-ring (bicyclic) bond motifs is 4. The summed E-state index contributed by atoms with van der Waals surface area (Å²) in [6.07, 6.45) is 7.08. The van der Waals surface area contributed by atoms with Gasteiger partial charge in [0.15, 0.2) is 17.5 Å². The van der Waals surface area contributed by atoms with Gasteiger partial charge >= 0.3 is 17.9 Å². The monoisotopic (exact) mass is 570 g/mol. The van der Waals surface area contributed by atoms with Crippen LogP contribution in [0.5, 0.6) is 0 Å². The Morgan fingerprint density at radius 3 is 2.56 bits per heavy atom. The van der Waals surface area contributed by atoms with Crippen LogP contribution >= 0.6 is 0 Å². The average Bonchev–Trinajstić information content (AvgIpc) is 3.53. The molecule has 0 bridgehead atoms. The number of hydrogen-bond acceptors (Lipinski definition) is 9. The van der Waals surface area contributed by atoms with Crippen molar-refractivity contribution in [3.05, 3.63) is 23.3 Å². The van der Waals surface area contributed by atoms with Crippen LogP contribution < -0.4 is 0 Å². The second kappa shape index (κ2) is 9.76. The van der Waals surface area contributed by atoms with E-state index in [1.54, 1.807) is 6.08 Å². The van der Waals surface area contributed by atoms with Gasteiger partial charge in [0.05, 0.1) is 23.7 Å². The first kappa shape index (κ1) is 28.6. The zero-order chi connectivity index (χ0) is 29.5. The third kappa shape index (κ3) is 3.94. The molecule has 4 aliphatic carbocycles. The van der Waals surface area contributed by atoms with E-state index in [0.717, 1.165) is 37.7 Å². The van der Waals surface area contributed by atoms with Crippen molar-refractivity contribution in [3.63, 3.8) is 0 Å². The number of carbonyl (C=O) groups is 4. The fourth-order valence-electron chi connectivity index (χ4n) is 10.2. The highest BCUT2D eigenvalue weighted by Crippen LogP contribution is 2.73. The second-order valence-electron chi connectivity index (χ2n) is 13.7. The van der Waals surface area contributed by atoms with Gasteiger partial charge in [-0.1, -0.05) is 19.4 Å². The van der Waals surface area contributed by atoms with Gasteiger partial charge < -0.3 is 24.1 Å². The smallest absolute Gasteiger partial charge is 0.337 e. The van der Waals surface area contributed by atoms with Gasteiger partial charge in [0.2, 0.25) is 0 Å². The Labute approximate surface area is 241 Å². The zero-order valence-corrected chi connectivity index (χ0v) is 24.6. The fourth-order valence-corrected chi connectivity index (χ4v) is 10.2. The predicted octanol–water partition coefficient (Wildman–Crippen LogP) is 3.47. The van der Waals surface area contributed by atoms with Gasteiger partial charge in [0, 0.05) is 20.3 Å². The van der Waals surface area contributed by atoms with E-state index in [2.05, 4.69) is 13.8 Å². The maximum absolute atomic E-state index is 13.7. The summed E-state index contributed by atoms with van der Waals surface area (Å²) in [5.74, 6) is -0.413. The molecule has 41 heavy (non-hydrogen) atoms. The molecular weight excluding hydrogens is 528 g/mol. The van der Waals surface area contributed by atoms with Crippen LogP contribution in [-0.2, 0) is 38.1 Å². The van der Waals surface area contributed by atoms with E-state index in [1.165, 1.54) is 19.9 Å². The molecule has 11 atom stereocenters. The van der Waals surface area contributed by atoms with Gasteiger partial charge in [-0.05, 0) is 86.2 Å².